The Bertz CT molecular complexity index is 1240. The second-order valence-corrected chi connectivity index (χ2v) is 10.2. The summed E-state index contributed by atoms with van der Waals surface area (Å²) < 4.78 is 30.5. The van der Waals surface area contributed by atoms with Gasteiger partial charge in [0, 0.05) is 18.3 Å². The number of fused-ring (bicyclic) bond motifs is 1. The van der Waals surface area contributed by atoms with Crippen LogP contribution in [0.1, 0.15) is 19.8 Å². The zero-order valence-corrected chi connectivity index (χ0v) is 18.3. The van der Waals surface area contributed by atoms with Gasteiger partial charge in [0.2, 0.25) is 0 Å². The molecule has 0 saturated carbocycles. The number of nitrogens with zero attached hydrogens (tertiary/aromatic N) is 1. The Hall–Kier alpha value is -3.06. The SMILES string of the molecule is COc1ccccc1S(=O)(=O)C1(C(=O)O)CCN(c2ccc3ccccc3c2)C(C)C1. The summed E-state index contributed by atoms with van der Waals surface area (Å²) in [7, 11) is -2.81. The molecule has 1 aliphatic heterocycles. The van der Waals surface area contributed by atoms with Gasteiger partial charge >= 0.3 is 5.97 Å². The fourth-order valence-corrected chi connectivity index (χ4v) is 6.70. The molecule has 1 N–H and O–H groups in total. The van der Waals surface area contributed by atoms with Crippen molar-refractivity contribution in [1.82, 2.24) is 0 Å². The van der Waals surface area contributed by atoms with Crippen LogP contribution in [-0.2, 0) is 14.6 Å². The van der Waals surface area contributed by atoms with Crippen molar-refractivity contribution in [2.24, 2.45) is 0 Å². The molecular formula is C24H25NO5S. The lowest BCUT2D eigenvalue weighted by molar-refractivity contribution is -0.141. The van der Waals surface area contributed by atoms with Crippen LogP contribution in [-0.4, -0.2) is 43.9 Å². The summed E-state index contributed by atoms with van der Waals surface area (Å²) in [6.45, 7) is 2.20. The maximum absolute atomic E-state index is 13.6. The number of hydrogen-bond acceptors (Lipinski definition) is 5. The van der Waals surface area contributed by atoms with E-state index in [2.05, 4.69) is 11.0 Å². The molecule has 0 bridgehead atoms. The number of methoxy groups -OCH3 is 1. The molecule has 4 rings (SSSR count). The van der Waals surface area contributed by atoms with Gasteiger partial charge in [0.15, 0.2) is 14.6 Å². The molecule has 3 aromatic carbocycles. The van der Waals surface area contributed by atoms with Crippen LogP contribution in [0.4, 0.5) is 5.69 Å². The van der Waals surface area contributed by atoms with Gasteiger partial charge in [-0.1, -0.05) is 42.5 Å². The lowest BCUT2D eigenvalue weighted by Gasteiger charge is -2.43. The quantitative estimate of drug-likeness (QED) is 0.643. The Morgan fingerprint density at radius 2 is 1.74 bits per heavy atom. The molecule has 0 spiro atoms. The molecule has 6 nitrogen and oxygen atoms in total. The highest BCUT2D eigenvalue weighted by Gasteiger charge is 2.55. The standard InChI is InChI=1S/C24H25NO5S/c1-17-16-24(23(26)27,31(28,29)22-10-6-5-9-21(22)30-2)13-14-25(17)20-12-11-18-7-3-4-8-19(18)15-20/h3-12,15,17H,13-14,16H2,1-2H3,(H,26,27). The Kier molecular flexibility index (Phi) is 5.39. The van der Waals surface area contributed by atoms with Crippen molar-refractivity contribution in [3.05, 3.63) is 66.7 Å². The van der Waals surface area contributed by atoms with E-state index in [4.69, 9.17) is 4.74 Å². The minimum Gasteiger partial charge on any atom is -0.495 e. The highest BCUT2D eigenvalue weighted by atomic mass is 32.2. The number of rotatable bonds is 5. The average molecular weight is 440 g/mol. The first-order valence-electron chi connectivity index (χ1n) is 10.2. The maximum atomic E-state index is 13.6. The van der Waals surface area contributed by atoms with Crippen molar-refractivity contribution in [2.75, 3.05) is 18.6 Å². The first-order valence-corrected chi connectivity index (χ1v) is 11.6. The van der Waals surface area contributed by atoms with E-state index in [1.165, 1.54) is 19.2 Å². The van der Waals surface area contributed by atoms with Crippen LogP contribution in [0, 0.1) is 0 Å². The molecule has 2 atom stereocenters. The van der Waals surface area contributed by atoms with Gasteiger partial charge in [0.1, 0.15) is 10.6 Å². The van der Waals surface area contributed by atoms with Gasteiger partial charge in [0.05, 0.1) is 7.11 Å². The fraction of sp³-hybridized carbons (Fsp3) is 0.292. The van der Waals surface area contributed by atoms with E-state index in [0.717, 1.165) is 16.5 Å². The Balaban J connectivity index is 1.71. The lowest BCUT2D eigenvalue weighted by atomic mass is 9.90. The van der Waals surface area contributed by atoms with E-state index in [0.29, 0.717) is 6.54 Å². The number of carbonyl (C=O) groups is 1. The van der Waals surface area contributed by atoms with E-state index in [1.54, 1.807) is 12.1 Å². The number of para-hydroxylation sites is 1. The van der Waals surface area contributed by atoms with E-state index in [9.17, 15) is 18.3 Å². The molecule has 0 aromatic heterocycles. The van der Waals surface area contributed by atoms with Crippen molar-refractivity contribution in [3.63, 3.8) is 0 Å². The summed E-state index contributed by atoms with van der Waals surface area (Å²) in [6, 6.07) is 20.0. The van der Waals surface area contributed by atoms with Crippen molar-refractivity contribution < 1.29 is 23.1 Å². The average Bonchev–Trinajstić information content (AvgIpc) is 2.78. The summed E-state index contributed by atoms with van der Waals surface area (Å²) in [4.78, 5) is 14.4. The third-order valence-electron chi connectivity index (χ3n) is 6.24. The van der Waals surface area contributed by atoms with Gasteiger partial charge in [-0.05, 0) is 54.8 Å². The van der Waals surface area contributed by atoms with Crippen LogP contribution in [0.25, 0.3) is 10.8 Å². The normalized spacial score (nSPS) is 21.7. The minimum absolute atomic E-state index is 0.0140. The van der Waals surface area contributed by atoms with Crippen LogP contribution in [0.2, 0.25) is 0 Å². The minimum atomic E-state index is -4.19. The molecule has 1 fully saturated rings. The number of piperidine rings is 1. The van der Waals surface area contributed by atoms with E-state index >= 15 is 0 Å². The molecule has 1 saturated heterocycles. The number of carboxylic acids is 1. The summed E-state index contributed by atoms with van der Waals surface area (Å²) in [5.41, 5.74) is 0.958. The Morgan fingerprint density at radius 3 is 2.42 bits per heavy atom. The number of carboxylic acid groups (broad SMARTS) is 1. The van der Waals surface area contributed by atoms with Crippen LogP contribution in [0.5, 0.6) is 5.75 Å². The van der Waals surface area contributed by atoms with Crippen LogP contribution < -0.4 is 9.64 Å². The van der Waals surface area contributed by atoms with Gasteiger partial charge in [-0.3, -0.25) is 4.79 Å². The van der Waals surface area contributed by atoms with Crippen molar-refractivity contribution in [2.45, 2.75) is 35.4 Å². The number of sulfone groups is 1. The number of aliphatic carboxylic acids is 1. The van der Waals surface area contributed by atoms with Crippen LogP contribution in [0.3, 0.4) is 0 Å². The molecule has 31 heavy (non-hydrogen) atoms. The van der Waals surface area contributed by atoms with E-state index < -0.39 is 20.6 Å². The molecule has 0 amide bonds. The van der Waals surface area contributed by atoms with Crippen molar-refractivity contribution >= 4 is 32.3 Å². The summed E-state index contributed by atoms with van der Waals surface area (Å²) in [5.74, 6) is -1.16. The third kappa shape index (κ3) is 3.43. The summed E-state index contributed by atoms with van der Waals surface area (Å²) in [5, 5.41) is 12.3. The molecule has 7 heteroatoms. The lowest BCUT2D eigenvalue weighted by Crippen LogP contribution is -2.57. The van der Waals surface area contributed by atoms with E-state index in [-0.39, 0.29) is 29.5 Å². The summed E-state index contributed by atoms with van der Waals surface area (Å²) in [6.07, 6.45) is -0.0323. The van der Waals surface area contributed by atoms with Gasteiger partial charge in [-0.15, -0.1) is 0 Å². The maximum Gasteiger partial charge on any atom is 0.325 e. The van der Waals surface area contributed by atoms with Crippen molar-refractivity contribution in [3.8, 4) is 5.75 Å². The molecule has 2 unspecified atom stereocenters. The molecular weight excluding hydrogens is 414 g/mol. The predicted octanol–water partition coefficient (Wildman–Crippen LogP) is 4.13. The van der Waals surface area contributed by atoms with Gasteiger partial charge in [0.25, 0.3) is 0 Å². The Labute approximate surface area is 182 Å². The van der Waals surface area contributed by atoms with Gasteiger partial charge in [-0.2, -0.15) is 0 Å². The Morgan fingerprint density at radius 1 is 1.06 bits per heavy atom. The zero-order chi connectivity index (χ0) is 22.2. The molecule has 1 aliphatic rings. The molecule has 3 aromatic rings. The highest BCUT2D eigenvalue weighted by Crippen LogP contribution is 2.42. The largest absolute Gasteiger partial charge is 0.495 e. The smallest absolute Gasteiger partial charge is 0.325 e. The van der Waals surface area contributed by atoms with Crippen LogP contribution >= 0.6 is 0 Å². The topological polar surface area (TPSA) is 83.9 Å². The molecule has 0 radical (unpaired) electrons. The number of anilines is 1. The monoisotopic (exact) mass is 439 g/mol. The number of ether oxygens (including phenoxy) is 1. The van der Waals surface area contributed by atoms with Crippen LogP contribution in [0.15, 0.2) is 71.6 Å². The number of benzene rings is 3. The summed E-state index contributed by atoms with van der Waals surface area (Å²) >= 11 is 0. The first-order chi connectivity index (χ1) is 14.8. The first kappa shape index (κ1) is 21.2. The second-order valence-electron chi connectivity index (χ2n) is 7.98. The highest BCUT2D eigenvalue weighted by molar-refractivity contribution is 7.93. The molecule has 162 valence electrons. The second kappa shape index (κ2) is 7.89. The predicted molar refractivity (Wildman–Crippen MR) is 121 cm³/mol. The van der Waals surface area contributed by atoms with Gasteiger partial charge in [-0.25, -0.2) is 8.42 Å². The van der Waals surface area contributed by atoms with Crippen molar-refractivity contribution in [1.29, 1.82) is 0 Å². The number of hydrogen-bond donors (Lipinski definition) is 1. The van der Waals surface area contributed by atoms with Gasteiger partial charge < -0.3 is 14.7 Å². The third-order valence-corrected chi connectivity index (χ3v) is 8.73. The fourth-order valence-electron chi connectivity index (χ4n) is 4.55. The molecule has 0 aliphatic carbocycles. The van der Waals surface area contributed by atoms with E-state index in [1.807, 2.05) is 43.3 Å². The zero-order valence-electron chi connectivity index (χ0n) is 17.5. The molecule has 1 heterocycles.